The Kier molecular flexibility index (Phi) is 11.6. The highest BCUT2D eigenvalue weighted by Crippen LogP contribution is 2.34. The van der Waals surface area contributed by atoms with Crippen LogP contribution in [0.2, 0.25) is 0 Å². The van der Waals surface area contributed by atoms with Crippen LogP contribution in [-0.4, -0.2) is 76.5 Å². The average molecular weight is 595 g/mol. The quantitative estimate of drug-likeness (QED) is 0.381. The van der Waals surface area contributed by atoms with Crippen molar-refractivity contribution in [2.24, 2.45) is 11.3 Å². The Labute approximate surface area is 245 Å². The van der Waals surface area contributed by atoms with Crippen molar-refractivity contribution in [3.8, 4) is 0 Å². The van der Waals surface area contributed by atoms with E-state index in [1.807, 2.05) is 38.8 Å². The number of benzene rings is 2. The van der Waals surface area contributed by atoms with Gasteiger partial charge in [-0.2, -0.15) is 0 Å². The maximum absolute atomic E-state index is 14.2. The Bertz CT molecular complexity index is 1160. The van der Waals surface area contributed by atoms with Crippen LogP contribution in [0.4, 0.5) is 13.2 Å². The van der Waals surface area contributed by atoms with Crippen molar-refractivity contribution < 1.29 is 27.3 Å². The van der Waals surface area contributed by atoms with Gasteiger partial charge in [-0.1, -0.05) is 45.0 Å². The Morgan fingerprint density at radius 1 is 1.05 bits per heavy atom. The second-order valence-corrected chi connectivity index (χ2v) is 14.1. The van der Waals surface area contributed by atoms with Gasteiger partial charge in [0, 0.05) is 41.3 Å². The molecule has 2 saturated heterocycles. The molecule has 2 aromatic rings. The van der Waals surface area contributed by atoms with E-state index in [0.29, 0.717) is 17.0 Å². The fourth-order valence-electron chi connectivity index (χ4n) is 5.99. The Hall–Kier alpha value is -2.23. The van der Waals surface area contributed by atoms with E-state index in [2.05, 4.69) is 4.90 Å². The van der Waals surface area contributed by atoms with E-state index in [0.717, 1.165) is 44.5 Å². The molecule has 4 rings (SSSR count). The number of nitrogens with zero attached hydrogens (tertiary/aromatic N) is 2. The molecule has 2 fully saturated rings. The van der Waals surface area contributed by atoms with Crippen LogP contribution in [0.5, 0.6) is 0 Å². The molecule has 0 saturated carbocycles. The summed E-state index contributed by atoms with van der Waals surface area (Å²) in [5, 5.41) is 9.47. The first-order valence-electron chi connectivity index (χ1n) is 14.4. The minimum Gasteiger partial charge on any atom is -0.480 e. The van der Waals surface area contributed by atoms with Gasteiger partial charge < -0.3 is 10.0 Å². The normalized spacial score (nSPS) is 20.7. The van der Waals surface area contributed by atoms with Crippen LogP contribution in [0.25, 0.3) is 0 Å². The van der Waals surface area contributed by atoms with Crippen molar-refractivity contribution in [1.82, 2.24) is 9.80 Å². The zero-order valence-corrected chi connectivity index (χ0v) is 25.7. The van der Waals surface area contributed by atoms with E-state index in [4.69, 9.17) is 0 Å². The number of piperidine rings is 1. The van der Waals surface area contributed by atoms with E-state index < -0.39 is 28.7 Å². The second kappa shape index (κ2) is 14.3. The number of hydrogen-bond donors (Lipinski definition) is 1. The van der Waals surface area contributed by atoms with Crippen LogP contribution in [0.1, 0.15) is 63.5 Å². The van der Waals surface area contributed by atoms with Crippen molar-refractivity contribution in [1.29, 1.82) is 0 Å². The third-order valence-corrected chi connectivity index (χ3v) is 9.04. The Morgan fingerprint density at radius 2 is 1.68 bits per heavy atom. The van der Waals surface area contributed by atoms with Crippen molar-refractivity contribution in [2.45, 2.75) is 75.7 Å². The number of hydrogen-bond acceptors (Lipinski definition) is 4. The molecule has 2 aliphatic rings. The Morgan fingerprint density at radius 3 is 2.22 bits per heavy atom. The van der Waals surface area contributed by atoms with Gasteiger partial charge in [-0.05, 0) is 98.6 Å². The minimum absolute atomic E-state index is 0.0255. The lowest BCUT2D eigenvalue weighted by Crippen LogP contribution is -2.48. The second-order valence-electron chi connectivity index (χ2n) is 12.7. The van der Waals surface area contributed by atoms with Gasteiger partial charge in [0.25, 0.3) is 5.92 Å². The van der Waals surface area contributed by atoms with Gasteiger partial charge in [-0.3, -0.25) is 13.9 Å². The average Bonchev–Trinajstić information content (AvgIpc) is 3.34. The molecule has 9 heteroatoms. The molecule has 5 nitrogen and oxygen atoms in total. The number of aliphatic carboxylic acids is 1. The maximum Gasteiger partial charge on any atom is 0.321 e. The zero-order chi connectivity index (χ0) is 30.4. The van der Waals surface area contributed by atoms with Crippen molar-refractivity contribution in [3.05, 3.63) is 65.5 Å². The summed E-state index contributed by atoms with van der Waals surface area (Å²) >= 11 is 0. The van der Waals surface area contributed by atoms with E-state index >= 15 is 0 Å². The number of carboxylic acid groups (broad SMARTS) is 1. The summed E-state index contributed by atoms with van der Waals surface area (Å²) in [5.74, 6) is -3.33. The summed E-state index contributed by atoms with van der Waals surface area (Å²) in [4.78, 5) is 16.4. The summed E-state index contributed by atoms with van der Waals surface area (Å²) in [6.45, 7) is 9.09. The molecule has 2 heterocycles. The van der Waals surface area contributed by atoms with Gasteiger partial charge >= 0.3 is 5.97 Å². The number of alkyl halides is 2. The van der Waals surface area contributed by atoms with Crippen LogP contribution in [-0.2, 0) is 22.0 Å². The summed E-state index contributed by atoms with van der Waals surface area (Å²) in [6, 6.07) is 12.8. The SMILES string of the molecule is CC(C)(C)C(C(=O)O)N1CCC(c2cccc(F)c2)C1.CN1CCC(CC(F)(F)Cc2ccc(S(C)=O)cc2)CC1. The molecule has 0 aliphatic carbocycles. The maximum atomic E-state index is 14.2. The minimum atomic E-state index is -2.66. The standard InChI is InChI=1S/C16H23F2NOS.C16H22FNO2/c1-19-9-7-14(8-10-19)12-16(17,18)11-13-3-5-15(6-4-13)21(2)20;1-16(2,3)14(15(19)20)18-8-7-12(10-18)11-5-4-6-13(17)9-11/h3-6,14H,7-12H2,1-2H3;4-6,9,12,14H,7-8,10H2,1-3H3,(H,19,20). The van der Waals surface area contributed by atoms with E-state index in [-0.39, 0.29) is 35.9 Å². The lowest BCUT2D eigenvalue weighted by Gasteiger charge is -2.34. The van der Waals surface area contributed by atoms with E-state index in [1.165, 1.54) is 6.07 Å². The molecular formula is C32H45F3N2O3S. The highest BCUT2D eigenvalue weighted by Gasteiger charge is 2.40. The molecule has 0 bridgehead atoms. The highest BCUT2D eigenvalue weighted by molar-refractivity contribution is 7.84. The summed E-state index contributed by atoms with van der Waals surface area (Å²) in [7, 11) is 0.974. The number of carbonyl (C=O) groups is 1. The van der Waals surface area contributed by atoms with Crippen molar-refractivity contribution >= 4 is 16.8 Å². The smallest absolute Gasteiger partial charge is 0.321 e. The topological polar surface area (TPSA) is 60.9 Å². The fourth-order valence-corrected chi connectivity index (χ4v) is 6.51. The van der Waals surface area contributed by atoms with Crippen molar-refractivity contribution in [2.75, 3.05) is 39.5 Å². The zero-order valence-electron chi connectivity index (χ0n) is 24.9. The number of carboxylic acids is 1. The van der Waals surface area contributed by atoms with E-state index in [9.17, 15) is 27.3 Å². The molecule has 0 spiro atoms. The predicted molar refractivity (Wildman–Crippen MR) is 158 cm³/mol. The van der Waals surface area contributed by atoms with Gasteiger partial charge in [-0.25, -0.2) is 13.2 Å². The molecular weight excluding hydrogens is 549 g/mol. The van der Waals surface area contributed by atoms with Crippen LogP contribution in [0.3, 0.4) is 0 Å². The van der Waals surface area contributed by atoms with Gasteiger partial charge in [0.05, 0.1) is 0 Å². The van der Waals surface area contributed by atoms with Gasteiger partial charge in [0.15, 0.2) is 0 Å². The molecule has 0 radical (unpaired) electrons. The lowest BCUT2D eigenvalue weighted by molar-refractivity contribution is -0.147. The molecule has 228 valence electrons. The monoisotopic (exact) mass is 594 g/mol. The molecule has 1 N–H and O–H groups in total. The van der Waals surface area contributed by atoms with Gasteiger partial charge in [0.1, 0.15) is 11.9 Å². The van der Waals surface area contributed by atoms with Crippen LogP contribution in [0.15, 0.2) is 53.4 Å². The molecule has 0 amide bonds. The third kappa shape index (κ3) is 10.2. The number of rotatable bonds is 8. The Balaban J connectivity index is 0.000000226. The van der Waals surface area contributed by atoms with Crippen LogP contribution < -0.4 is 0 Å². The van der Waals surface area contributed by atoms with Gasteiger partial charge in [-0.15, -0.1) is 0 Å². The summed E-state index contributed by atoms with van der Waals surface area (Å²) in [6.07, 6.45) is 3.94. The fraction of sp³-hybridized carbons (Fsp3) is 0.594. The molecule has 2 aromatic carbocycles. The van der Waals surface area contributed by atoms with Crippen molar-refractivity contribution in [3.63, 3.8) is 0 Å². The largest absolute Gasteiger partial charge is 0.480 e. The first kappa shape index (κ1) is 33.3. The molecule has 2 aliphatic heterocycles. The number of halogens is 3. The predicted octanol–water partition coefficient (Wildman–Crippen LogP) is 6.45. The summed E-state index contributed by atoms with van der Waals surface area (Å²) < 4.78 is 52.9. The lowest BCUT2D eigenvalue weighted by atomic mass is 9.85. The molecule has 41 heavy (non-hydrogen) atoms. The highest BCUT2D eigenvalue weighted by atomic mass is 32.2. The first-order chi connectivity index (χ1) is 19.1. The number of likely N-dealkylation sites (tertiary alicyclic amines) is 2. The third-order valence-electron chi connectivity index (χ3n) is 8.10. The molecule has 3 atom stereocenters. The van der Waals surface area contributed by atoms with Gasteiger partial charge in [0.2, 0.25) is 0 Å². The van der Waals surface area contributed by atoms with Crippen LogP contribution >= 0.6 is 0 Å². The molecule has 3 unspecified atom stereocenters. The van der Waals surface area contributed by atoms with Crippen LogP contribution in [0, 0.1) is 17.2 Å². The first-order valence-corrected chi connectivity index (χ1v) is 15.9. The molecule has 0 aromatic heterocycles. The van der Waals surface area contributed by atoms with E-state index in [1.54, 1.807) is 42.7 Å². The summed E-state index contributed by atoms with van der Waals surface area (Å²) in [5.41, 5.74) is 1.26.